The predicted octanol–water partition coefficient (Wildman–Crippen LogP) is 5.40. The van der Waals surface area contributed by atoms with Crippen molar-refractivity contribution < 1.29 is 24.5 Å². The largest absolute Gasteiger partial charge is 0.479 e. The van der Waals surface area contributed by atoms with Crippen molar-refractivity contribution in [2.24, 2.45) is 10.8 Å². The third-order valence-corrected chi connectivity index (χ3v) is 7.24. The number of hydrogen-bond donors (Lipinski definition) is 2. The van der Waals surface area contributed by atoms with Crippen molar-refractivity contribution in [2.45, 2.75) is 79.9 Å². The lowest BCUT2D eigenvalue weighted by Crippen LogP contribution is -2.39. The highest BCUT2D eigenvalue weighted by Crippen LogP contribution is 2.37. The molecule has 10 heteroatoms. The van der Waals surface area contributed by atoms with E-state index in [1.165, 1.54) is 4.90 Å². The van der Waals surface area contributed by atoms with Crippen LogP contribution >= 0.6 is 0 Å². The summed E-state index contributed by atoms with van der Waals surface area (Å²) in [6, 6.07) is 11.3. The Labute approximate surface area is 241 Å². The molecule has 1 aromatic carbocycles. The number of carbonyl (C=O) groups is 2. The molecule has 5 rings (SSSR count). The molecule has 2 aliphatic rings. The van der Waals surface area contributed by atoms with Gasteiger partial charge in [-0.3, -0.25) is 4.90 Å². The van der Waals surface area contributed by atoms with Gasteiger partial charge in [0.25, 0.3) is 0 Å². The van der Waals surface area contributed by atoms with E-state index in [9.17, 15) is 19.8 Å². The summed E-state index contributed by atoms with van der Waals surface area (Å²) in [6.45, 7) is 16.5. The Morgan fingerprint density at radius 1 is 1.15 bits per heavy atom. The number of benzene rings is 1. The van der Waals surface area contributed by atoms with Gasteiger partial charge < -0.3 is 19.8 Å². The van der Waals surface area contributed by atoms with Crippen LogP contribution in [0.5, 0.6) is 0 Å². The number of aliphatic hydroxyl groups is 1. The summed E-state index contributed by atoms with van der Waals surface area (Å²) in [5, 5.41) is 25.0. The molecule has 4 heterocycles. The lowest BCUT2D eigenvalue weighted by atomic mass is 9.82. The minimum atomic E-state index is -1.75. The van der Waals surface area contributed by atoms with Crippen molar-refractivity contribution in [3.8, 4) is 0 Å². The summed E-state index contributed by atoms with van der Waals surface area (Å²) in [6.07, 6.45) is 0.184. The minimum Gasteiger partial charge on any atom is -0.479 e. The van der Waals surface area contributed by atoms with Gasteiger partial charge in [0.2, 0.25) is 0 Å². The predicted molar refractivity (Wildman–Crippen MR) is 158 cm³/mol. The Bertz CT molecular complexity index is 1380. The summed E-state index contributed by atoms with van der Waals surface area (Å²) in [7, 11) is 0. The molecular formula is C31H43N5O5. The topological polar surface area (TPSA) is 121 Å². The van der Waals surface area contributed by atoms with Crippen molar-refractivity contribution >= 4 is 29.3 Å². The highest BCUT2D eigenvalue weighted by molar-refractivity contribution is 5.90. The fraction of sp³-hybridized carbons (Fsp3) is 0.548. The number of rotatable bonds is 6. The minimum absolute atomic E-state index is 0.169. The first-order valence-electron chi connectivity index (χ1n) is 14.2. The van der Waals surface area contributed by atoms with Gasteiger partial charge in [0.1, 0.15) is 12.4 Å². The number of cyclic esters (lactones) is 1. The number of aliphatic hydroxyl groups excluding tert-OH is 1. The maximum Gasteiger partial charge on any atom is 0.416 e. The van der Waals surface area contributed by atoms with Crippen LogP contribution in [0, 0.1) is 17.8 Å². The molecule has 2 atom stereocenters. The molecule has 0 radical (unpaired) electrons. The molecule has 2 aliphatic heterocycles. The van der Waals surface area contributed by atoms with Gasteiger partial charge in [-0.1, -0.05) is 71.9 Å². The van der Waals surface area contributed by atoms with Gasteiger partial charge in [0, 0.05) is 24.8 Å². The Morgan fingerprint density at radius 2 is 1.76 bits per heavy atom. The second-order valence-corrected chi connectivity index (χ2v) is 13.4. The number of piperidine rings is 1. The number of carboxylic acids is 1. The third-order valence-electron chi connectivity index (χ3n) is 7.24. The molecule has 1 amide bonds. The molecule has 2 saturated heterocycles. The quantitative estimate of drug-likeness (QED) is 0.408. The monoisotopic (exact) mass is 565 g/mol. The van der Waals surface area contributed by atoms with Gasteiger partial charge in [0.05, 0.1) is 11.6 Å². The van der Waals surface area contributed by atoms with E-state index in [4.69, 9.17) is 9.84 Å². The second-order valence-electron chi connectivity index (χ2n) is 13.4. The zero-order valence-electron chi connectivity index (χ0n) is 25.2. The molecule has 41 heavy (non-hydrogen) atoms. The van der Waals surface area contributed by atoms with Gasteiger partial charge in [0.15, 0.2) is 17.6 Å². The SMILES string of the molecule is CC(C)(C)C.Cc1nc2cc(N3C(=O)OCC3Cc3ccccc3)nn2c(N2CCC(C)(C)CC2)c1[C@H](O)C(=O)O. The van der Waals surface area contributed by atoms with E-state index < -0.39 is 18.2 Å². The standard InChI is InChI=1S/C26H31N5O5.C5H12/c1-16-21(22(32)24(33)34)23(29-11-9-26(2,3)10-12-29)31-19(27-16)14-20(28-31)30-18(15-36-25(30)35)13-17-7-5-4-6-8-17;1-5(2,3)4/h4-8,14,18,22,32H,9-13,15H2,1-3H3,(H,33,34);1-4H3/t18?,22-;/m0./s1. The molecule has 10 nitrogen and oxygen atoms in total. The van der Waals surface area contributed by atoms with Gasteiger partial charge in [-0.05, 0) is 42.6 Å². The Balaban J connectivity index is 0.000000714. The third kappa shape index (κ3) is 7.16. The zero-order valence-corrected chi connectivity index (χ0v) is 25.2. The van der Waals surface area contributed by atoms with Crippen LogP contribution in [0.2, 0.25) is 0 Å². The number of aryl methyl sites for hydroxylation is 1. The van der Waals surface area contributed by atoms with Crippen LogP contribution in [0.3, 0.4) is 0 Å². The van der Waals surface area contributed by atoms with Crippen molar-refractivity contribution in [1.82, 2.24) is 14.6 Å². The zero-order chi connectivity index (χ0) is 30.1. The summed E-state index contributed by atoms with van der Waals surface area (Å²) in [4.78, 5) is 32.7. The van der Waals surface area contributed by atoms with Crippen LogP contribution in [0.1, 0.15) is 77.3 Å². The number of amides is 1. The smallest absolute Gasteiger partial charge is 0.416 e. The lowest BCUT2D eigenvalue weighted by molar-refractivity contribution is -0.147. The first-order valence-corrected chi connectivity index (χ1v) is 14.2. The van der Waals surface area contributed by atoms with Gasteiger partial charge in [-0.15, -0.1) is 5.10 Å². The summed E-state index contributed by atoms with van der Waals surface area (Å²) in [5.74, 6) is -0.469. The van der Waals surface area contributed by atoms with E-state index >= 15 is 0 Å². The number of aliphatic carboxylic acids is 1. The van der Waals surface area contributed by atoms with Crippen molar-refractivity contribution in [3.63, 3.8) is 0 Å². The maximum absolute atomic E-state index is 12.7. The van der Waals surface area contributed by atoms with Crippen LogP contribution < -0.4 is 9.80 Å². The maximum atomic E-state index is 12.7. The summed E-state index contributed by atoms with van der Waals surface area (Å²) in [5.41, 5.74) is 2.85. The average molecular weight is 566 g/mol. The highest BCUT2D eigenvalue weighted by atomic mass is 16.6. The molecule has 3 aromatic rings. The molecule has 0 aliphatic carbocycles. The molecule has 222 valence electrons. The van der Waals surface area contributed by atoms with Crippen LogP contribution in [0.25, 0.3) is 5.65 Å². The highest BCUT2D eigenvalue weighted by Gasteiger charge is 2.38. The van der Waals surface area contributed by atoms with E-state index in [0.717, 1.165) is 18.4 Å². The fourth-order valence-corrected chi connectivity index (χ4v) is 5.07. The van der Waals surface area contributed by atoms with Crippen LogP contribution in [0.15, 0.2) is 36.4 Å². The van der Waals surface area contributed by atoms with E-state index in [-0.39, 0.29) is 23.6 Å². The van der Waals surface area contributed by atoms with Gasteiger partial charge in [-0.2, -0.15) is 4.52 Å². The number of hydrogen-bond acceptors (Lipinski definition) is 7. The van der Waals surface area contributed by atoms with E-state index in [1.54, 1.807) is 17.5 Å². The lowest BCUT2D eigenvalue weighted by Gasteiger charge is -2.39. The molecule has 0 spiro atoms. The second kappa shape index (κ2) is 11.7. The number of anilines is 2. The van der Waals surface area contributed by atoms with Gasteiger partial charge in [-0.25, -0.2) is 14.6 Å². The van der Waals surface area contributed by atoms with Crippen molar-refractivity contribution in [3.05, 3.63) is 53.2 Å². The number of nitrogens with zero attached hydrogens (tertiary/aromatic N) is 5. The molecule has 0 bridgehead atoms. The molecule has 2 N–H and O–H groups in total. The molecule has 1 unspecified atom stereocenters. The first kappa shape index (κ1) is 30.3. The fourth-order valence-electron chi connectivity index (χ4n) is 5.07. The molecular weight excluding hydrogens is 522 g/mol. The van der Waals surface area contributed by atoms with Crippen molar-refractivity contribution in [1.29, 1.82) is 0 Å². The van der Waals surface area contributed by atoms with Crippen molar-refractivity contribution in [2.75, 3.05) is 29.5 Å². The van der Waals surface area contributed by atoms with Crippen LogP contribution in [-0.4, -0.2) is 62.6 Å². The number of carboxylic acid groups (broad SMARTS) is 1. The van der Waals surface area contributed by atoms with E-state index in [2.05, 4.69) is 51.4 Å². The van der Waals surface area contributed by atoms with E-state index in [1.807, 2.05) is 30.3 Å². The number of aromatic nitrogens is 3. The Hall–Kier alpha value is -3.66. The Kier molecular flexibility index (Phi) is 8.63. The number of fused-ring (bicyclic) bond motifs is 1. The summed E-state index contributed by atoms with van der Waals surface area (Å²) < 4.78 is 6.94. The normalized spacial score (nSPS) is 19.5. The van der Waals surface area contributed by atoms with Crippen LogP contribution in [0.4, 0.5) is 16.4 Å². The molecule has 0 saturated carbocycles. The Morgan fingerprint density at radius 3 is 2.34 bits per heavy atom. The van der Waals surface area contributed by atoms with Crippen LogP contribution in [-0.2, 0) is 16.0 Å². The van der Waals surface area contributed by atoms with E-state index in [0.29, 0.717) is 47.9 Å². The first-order chi connectivity index (χ1) is 19.1. The molecule has 2 aromatic heterocycles. The molecule has 2 fully saturated rings. The number of ether oxygens (including phenoxy) is 1. The summed E-state index contributed by atoms with van der Waals surface area (Å²) >= 11 is 0. The van der Waals surface area contributed by atoms with Gasteiger partial charge >= 0.3 is 12.1 Å². The number of carbonyl (C=O) groups excluding carboxylic acids is 1. The average Bonchev–Trinajstić information content (AvgIpc) is 3.45.